The zero-order valence-corrected chi connectivity index (χ0v) is 12.4. The van der Waals surface area contributed by atoms with Crippen LogP contribution in [0.2, 0.25) is 0 Å². The fraction of sp³-hybridized carbons (Fsp3) is 0.455. The van der Waals surface area contributed by atoms with Gasteiger partial charge < -0.3 is 9.47 Å². The molecule has 0 atom stereocenters. The van der Waals surface area contributed by atoms with E-state index >= 15 is 0 Å². The number of halogens is 1. The Kier molecular flexibility index (Phi) is 4.55. The van der Waals surface area contributed by atoms with Crippen molar-refractivity contribution in [2.24, 2.45) is 0 Å². The fourth-order valence-corrected chi connectivity index (χ4v) is 1.70. The van der Waals surface area contributed by atoms with E-state index in [9.17, 15) is 4.79 Å². The van der Waals surface area contributed by atoms with E-state index in [1.807, 2.05) is 0 Å². The molecule has 1 amide bonds. The number of nitrogens with one attached hydrogen (secondary N) is 1. The van der Waals surface area contributed by atoms with Crippen LogP contribution in [0.25, 0.3) is 0 Å². The molecule has 1 N–H and O–H groups in total. The van der Waals surface area contributed by atoms with Crippen molar-refractivity contribution < 1.29 is 14.3 Å². The van der Waals surface area contributed by atoms with Gasteiger partial charge in [-0.3, -0.25) is 5.32 Å². The molecule has 1 rings (SSSR count). The van der Waals surface area contributed by atoms with E-state index in [0.29, 0.717) is 11.6 Å². The Labute approximate surface area is 114 Å². The van der Waals surface area contributed by atoms with E-state index in [2.05, 4.69) is 32.9 Å². The number of ether oxygens (including phenoxy) is 2. The smallest absolute Gasteiger partial charge is 0.413 e. The highest BCUT2D eigenvalue weighted by molar-refractivity contribution is 14.1. The lowest BCUT2D eigenvalue weighted by molar-refractivity contribution is 0.0635. The number of hydrogen-bond donors (Lipinski definition) is 1. The quantitative estimate of drug-likeness (QED) is 0.833. The minimum Gasteiger partial charge on any atom is -0.494 e. The summed E-state index contributed by atoms with van der Waals surface area (Å²) in [6.07, 6.45) is 1.03. The number of carbonyl (C=O) groups excluding carboxylic acids is 1. The lowest BCUT2D eigenvalue weighted by Gasteiger charge is -2.19. The van der Waals surface area contributed by atoms with Crippen molar-refractivity contribution >= 4 is 34.5 Å². The van der Waals surface area contributed by atoms with Gasteiger partial charge in [0.25, 0.3) is 0 Å². The van der Waals surface area contributed by atoms with Gasteiger partial charge in [0.1, 0.15) is 11.4 Å². The summed E-state index contributed by atoms with van der Waals surface area (Å²) in [4.78, 5) is 15.5. The predicted molar refractivity (Wildman–Crippen MR) is 73.4 cm³/mol. The molecule has 1 aromatic rings. The zero-order chi connectivity index (χ0) is 13.1. The van der Waals surface area contributed by atoms with Crippen molar-refractivity contribution in [1.82, 2.24) is 4.98 Å². The third kappa shape index (κ3) is 4.76. The molecule has 0 fully saturated rings. The van der Waals surface area contributed by atoms with E-state index in [1.165, 1.54) is 0 Å². The molecule has 0 saturated heterocycles. The fourth-order valence-electron chi connectivity index (χ4n) is 1.05. The van der Waals surface area contributed by atoms with Gasteiger partial charge >= 0.3 is 6.09 Å². The number of hydrogen-bond acceptors (Lipinski definition) is 4. The molecule has 6 heteroatoms. The number of pyridine rings is 1. The topological polar surface area (TPSA) is 60.5 Å². The number of methoxy groups -OCH3 is 1. The maximum absolute atomic E-state index is 11.5. The van der Waals surface area contributed by atoms with Crippen molar-refractivity contribution in [3.05, 3.63) is 15.8 Å². The van der Waals surface area contributed by atoms with Crippen LogP contribution in [0.15, 0.2) is 12.3 Å². The highest BCUT2D eigenvalue weighted by Gasteiger charge is 2.16. The first-order chi connectivity index (χ1) is 7.81. The Morgan fingerprint density at radius 1 is 1.47 bits per heavy atom. The van der Waals surface area contributed by atoms with Crippen LogP contribution in [0, 0.1) is 3.57 Å². The number of rotatable bonds is 2. The Bertz CT molecular complexity index is 416. The van der Waals surface area contributed by atoms with Crippen LogP contribution >= 0.6 is 22.6 Å². The molecular formula is C11H15IN2O3. The van der Waals surface area contributed by atoms with Gasteiger partial charge in [-0.05, 0) is 49.4 Å². The van der Waals surface area contributed by atoms with Crippen LogP contribution in [0.1, 0.15) is 20.8 Å². The first-order valence-corrected chi connectivity index (χ1v) is 6.09. The molecule has 0 aliphatic carbocycles. The average Bonchev–Trinajstić information content (AvgIpc) is 2.14. The highest BCUT2D eigenvalue weighted by atomic mass is 127. The maximum atomic E-state index is 11.5. The summed E-state index contributed by atoms with van der Waals surface area (Å²) in [7, 11) is 1.57. The van der Waals surface area contributed by atoms with Crippen LogP contribution in [-0.4, -0.2) is 23.8 Å². The Hall–Kier alpha value is -1.05. The SMILES string of the molecule is COc1cnc(NC(=O)OC(C)(C)C)cc1I. The van der Waals surface area contributed by atoms with Crippen molar-refractivity contribution in [2.75, 3.05) is 12.4 Å². The summed E-state index contributed by atoms with van der Waals surface area (Å²) in [5.74, 6) is 1.10. The van der Waals surface area contributed by atoms with Gasteiger partial charge in [-0.2, -0.15) is 0 Å². The minimum absolute atomic E-state index is 0.435. The summed E-state index contributed by atoms with van der Waals surface area (Å²) in [5.41, 5.74) is -0.524. The van der Waals surface area contributed by atoms with Crippen LogP contribution in [-0.2, 0) is 4.74 Å². The summed E-state index contributed by atoms with van der Waals surface area (Å²) < 4.78 is 11.1. The molecule has 1 aromatic heterocycles. The molecule has 17 heavy (non-hydrogen) atoms. The van der Waals surface area contributed by atoms with Crippen LogP contribution in [0.4, 0.5) is 10.6 Å². The summed E-state index contributed by atoms with van der Waals surface area (Å²) in [5, 5.41) is 2.56. The monoisotopic (exact) mass is 350 g/mol. The number of anilines is 1. The van der Waals surface area contributed by atoms with Crippen molar-refractivity contribution in [3.63, 3.8) is 0 Å². The van der Waals surface area contributed by atoms with Gasteiger partial charge in [0, 0.05) is 0 Å². The summed E-state index contributed by atoms with van der Waals surface area (Å²) >= 11 is 2.10. The zero-order valence-electron chi connectivity index (χ0n) is 10.2. The van der Waals surface area contributed by atoms with Crippen molar-refractivity contribution in [2.45, 2.75) is 26.4 Å². The van der Waals surface area contributed by atoms with Gasteiger partial charge in [-0.1, -0.05) is 0 Å². The largest absolute Gasteiger partial charge is 0.494 e. The van der Waals surface area contributed by atoms with Crippen LogP contribution in [0.5, 0.6) is 5.75 Å². The van der Waals surface area contributed by atoms with Gasteiger partial charge in [-0.25, -0.2) is 9.78 Å². The molecule has 1 heterocycles. The minimum atomic E-state index is -0.524. The van der Waals surface area contributed by atoms with E-state index in [0.717, 1.165) is 3.57 Å². The maximum Gasteiger partial charge on any atom is 0.413 e. The molecule has 5 nitrogen and oxygen atoms in total. The average molecular weight is 350 g/mol. The highest BCUT2D eigenvalue weighted by Crippen LogP contribution is 2.21. The molecule has 0 spiro atoms. The summed E-state index contributed by atoms with van der Waals surface area (Å²) in [6.45, 7) is 5.41. The Morgan fingerprint density at radius 3 is 2.59 bits per heavy atom. The molecule has 0 bridgehead atoms. The van der Waals surface area contributed by atoms with Crippen LogP contribution in [0.3, 0.4) is 0 Å². The Morgan fingerprint density at radius 2 is 2.12 bits per heavy atom. The van der Waals surface area contributed by atoms with E-state index in [1.54, 1.807) is 40.1 Å². The first kappa shape index (κ1) is 14.0. The molecule has 0 aliphatic heterocycles. The van der Waals surface area contributed by atoms with Gasteiger partial charge in [0.05, 0.1) is 16.9 Å². The van der Waals surface area contributed by atoms with E-state index in [4.69, 9.17) is 9.47 Å². The molecule has 94 valence electrons. The second kappa shape index (κ2) is 5.52. The molecule has 0 aliphatic rings. The second-order valence-electron chi connectivity index (χ2n) is 4.33. The summed E-state index contributed by atoms with van der Waals surface area (Å²) in [6, 6.07) is 1.71. The van der Waals surface area contributed by atoms with Crippen molar-refractivity contribution in [3.8, 4) is 5.75 Å². The number of nitrogens with zero attached hydrogens (tertiary/aromatic N) is 1. The van der Waals surface area contributed by atoms with Gasteiger partial charge in [0.2, 0.25) is 0 Å². The van der Waals surface area contributed by atoms with E-state index < -0.39 is 11.7 Å². The molecular weight excluding hydrogens is 335 g/mol. The first-order valence-electron chi connectivity index (χ1n) is 5.01. The number of carbonyl (C=O) groups is 1. The second-order valence-corrected chi connectivity index (χ2v) is 5.49. The lowest BCUT2D eigenvalue weighted by Crippen LogP contribution is -2.27. The molecule has 0 radical (unpaired) electrons. The van der Waals surface area contributed by atoms with Gasteiger partial charge in [0.15, 0.2) is 5.75 Å². The lowest BCUT2D eigenvalue weighted by atomic mass is 10.2. The van der Waals surface area contributed by atoms with Crippen LogP contribution < -0.4 is 10.1 Å². The predicted octanol–water partition coefficient (Wildman–Crippen LogP) is 3.04. The Balaban J connectivity index is 2.69. The van der Waals surface area contributed by atoms with Crippen molar-refractivity contribution in [1.29, 1.82) is 0 Å². The third-order valence-corrected chi connectivity index (χ3v) is 2.51. The van der Waals surface area contributed by atoms with Gasteiger partial charge in [-0.15, -0.1) is 0 Å². The molecule has 0 aromatic carbocycles. The molecule has 0 unspecified atom stereocenters. The standard InChI is InChI=1S/C11H15IN2O3/c1-11(2,3)17-10(15)14-9-5-7(12)8(16-4)6-13-9/h5-6H,1-4H3,(H,13,14,15). The molecule has 0 saturated carbocycles. The van der Waals surface area contributed by atoms with E-state index in [-0.39, 0.29) is 0 Å². The normalized spacial score (nSPS) is 10.9. The number of amides is 1. The third-order valence-electron chi connectivity index (χ3n) is 1.67. The number of aromatic nitrogens is 1.